The van der Waals surface area contributed by atoms with Gasteiger partial charge in [-0.3, -0.25) is 0 Å². The van der Waals surface area contributed by atoms with Gasteiger partial charge in [0.15, 0.2) is 0 Å². The second-order valence-corrected chi connectivity index (χ2v) is 8.42. The van der Waals surface area contributed by atoms with Crippen LogP contribution in [0.1, 0.15) is 34.9 Å². The minimum Gasteiger partial charge on any atom is -0.343 e. The lowest BCUT2D eigenvalue weighted by atomic mass is 9.75. The molecule has 3 aromatic rings. The lowest BCUT2D eigenvalue weighted by molar-refractivity contribution is 0.303. The van der Waals surface area contributed by atoms with Gasteiger partial charge < -0.3 is 9.47 Å². The Hall–Kier alpha value is -2.06. The maximum atomic E-state index is 2.67. The quantitative estimate of drug-likeness (QED) is 0.640. The van der Waals surface area contributed by atoms with Gasteiger partial charge in [0.05, 0.1) is 5.52 Å². The normalized spacial score (nSPS) is 23.0. The van der Waals surface area contributed by atoms with E-state index in [-0.39, 0.29) is 5.41 Å². The summed E-state index contributed by atoms with van der Waals surface area (Å²) in [6.07, 6.45) is 2.30. The highest BCUT2D eigenvalue weighted by Gasteiger charge is 2.36. The first kappa shape index (κ1) is 15.2. The van der Waals surface area contributed by atoms with Crippen molar-refractivity contribution >= 4 is 10.9 Å². The van der Waals surface area contributed by atoms with E-state index in [1.54, 1.807) is 11.3 Å². The van der Waals surface area contributed by atoms with Crippen LogP contribution in [-0.4, -0.2) is 23.1 Å². The molecule has 0 aliphatic carbocycles. The average Bonchev–Trinajstić information content (AvgIpc) is 2.89. The summed E-state index contributed by atoms with van der Waals surface area (Å²) in [6, 6.07) is 15.9. The number of fused-ring (bicyclic) bond motifs is 3. The molecule has 1 atom stereocenters. The van der Waals surface area contributed by atoms with E-state index in [1.807, 2.05) is 0 Å². The van der Waals surface area contributed by atoms with Gasteiger partial charge in [0.2, 0.25) is 0 Å². The molecule has 0 amide bonds. The Morgan fingerprint density at radius 1 is 1.08 bits per heavy atom. The van der Waals surface area contributed by atoms with Crippen molar-refractivity contribution in [3.8, 4) is 0 Å². The van der Waals surface area contributed by atoms with Crippen molar-refractivity contribution in [2.45, 2.75) is 45.2 Å². The van der Waals surface area contributed by atoms with Crippen molar-refractivity contribution in [1.29, 1.82) is 0 Å². The fourth-order valence-electron chi connectivity index (χ4n) is 5.13. The van der Waals surface area contributed by atoms with Crippen LogP contribution in [0.5, 0.6) is 0 Å². The molecular weight excluding hydrogens is 304 g/mol. The van der Waals surface area contributed by atoms with Gasteiger partial charge in [0.25, 0.3) is 0 Å². The molecule has 2 aliphatic heterocycles. The molecule has 2 aliphatic rings. The molecule has 2 aromatic carbocycles. The molecular formula is C23H26N2. The summed E-state index contributed by atoms with van der Waals surface area (Å²) < 4.78 is 2.67. The van der Waals surface area contributed by atoms with E-state index in [0.717, 1.165) is 19.5 Å². The molecule has 2 nitrogen and oxygen atoms in total. The Morgan fingerprint density at radius 3 is 2.68 bits per heavy atom. The predicted octanol–water partition coefficient (Wildman–Crippen LogP) is 4.45. The van der Waals surface area contributed by atoms with Crippen LogP contribution in [0.15, 0.2) is 42.5 Å². The summed E-state index contributed by atoms with van der Waals surface area (Å²) in [7, 11) is 2.25. The molecule has 0 N–H and O–H groups in total. The lowest BCUT2D eigenvalue weighted by Crippen LogP contribution is -2.36. The van der Waals surface area contributed by atoms with Crippen LogP contribution in [0.25, 0.3) is 10.9 Å². The topological polar surface area (TPSA) is 8.17 Å². The first-order valence-electron chi connectivity index (χ1n) is 9.43. The third-order valence-corrected chi connectivity index (χ3v) is 6.32. The largest absolute Gasteiger partial charge is 0.343 e. The third kappa shape index (κ3) is 2.20. The summed E-state index contributed by atoms with van der Waals surface area (Å²) in [6.45, 7) is 8.05. The number of hydrogen-bond acceptors (Lipinski definition) is 1. The summed E-state index contributed by atoms with van der Waals surface area (Å²) in [5.41, 5.74) is 9.24. The Bertz CT molecular complexity index is 967. The smallest absolute Gasteiger partial charge is 0.0519 e. The molecule has 0 saturated carbocycles. The zero-order chi connectivity index (χ0) is 17.2. The summed E-state index contributed by atoms with van der Waals surface area (Å²) in [5, 5.41) is 1.51. The van der Waals surface area contributed by atoms with Gasteiger partial charge in [0, 0.05) is 42.6 Å². The molecule has 0 bridgehead atoms. The SMILES string of the molecule is Cc1cc2c3c(c1)c1c(n3CC(C)(c3ccccc3)C2)CCN(C)C1. The van der Waals surface area contributed by atoms with E-state index < -0.39 is 0 Å². The van der Waals surface area contributed by atoms with Crippen molar-refractivity contribution in [3.63, 3.8) is 0 Å². The Labute approximate surface area is 150 Å². The number of likely N-dealkylation sites (N-methyl/N-ethyl adjacent to an activating group) is 1. The predicted molar refractivity (Wildman–Crippen MR) is 104 cm³/mol. The van der Waals surface area contributed by atoms with Crippen LogP contribution >= 0.6 is 0 Å². The highest BCUT2D eigenvalue weighted by molar-refractivity contribution is 5.90. The summed E-state index contributed by atoms with van der Waals surface area (Å²) in [4.78, 5) is 2.46. The molecule has 0 saturated heterocycles. The minimum atomic E-state index is 0.172. The second kappa shape index (κ2) is 5.22. The molecule has 1 aromatic heterocycles. The molecule has 2 heteroatoms. The monoisotopic (exact) mass is 330 g/mol. The van der Waals surface area contributed by atoms with Crippen LogP contribution in [0.3, 0.4) is 0 Å². The maximum absolute atomic E-state index is 2.67. The average molecular weight is 330 g/mol. The Morgan fingerprint density at radius 2 is 1.88 bits per heavy atom. The standard InChI is InChI=1S/C23H26N2/c1-16-11-17-13-23(2,18-7-5-4-6-8-18)15-25-21-9-10-24(3)14-20(21)19(12-16)22(17)25/h4-8,11-12H,9-10,13-15H2,1-3H3. The van der Waals surface area contributed by atoms with E-state index >= 15 is 0 Å². The molecule has 3 heterocycles. The third-order valence-electron chi connectivity index (χ3n) is 6.32. The lowest BCUT2D eigenvalue weighted by Gasteiger charge is -2.37. The number of rotatable bonds is 1. The van der Waals surface area contributed by atoms with E-state index in [4.69, 9.17) is 0 Å². The van der Waals surface area contributed by atoms with Gasteiger partial charge in [-0.05, 0) is 43.1 Å². The molecule has 1 unspecified atom stereocenters. The van der Waals surface area contributed by atoms with Crippen molar-refractivity contribution in [2.75, 3.05) is 13.6 Å². The van der Waals surface area contributed by atoms with Crippen LogP contribution < -0.4 is 0 Å². The second-order valence-electron chi connectivity index (χ2n) is 8.42. The summed E-state index contributed by atoms with van der Waals surface area (Å²) >= 11 is 0. The number of hydrogen-bond donors (Lipinski definition) is 0. The van der Waals surface area contributed by atoms with Gasteiger partial charge in [-0.1, -0.05) is 48.9 Å². The van der Waals surface area contributed by atoms with Crippen LogP contribution in [0.2, 0.25) is 0 Å². The molecule has 5 rings (SSSR count). The van der Waals surface area contributed by atoms with Crippen LogP contribution in [0, 0.1) is 6.92 Å². The fraction of sp³-hybridized carbons (Fsp3) is 0.391. The highest BCUT2D eigenvalue weighted by atomic mass is 15.1. The van der Waals surface area contributed by atoms with Gasteiger partial charge in [0.1, 0.15) is 0 Å². The Kier molecular flexibility index (Phi) is 3.18. The molecule has 25 heavy (non-hydrogen) atoms. The number of nitrogens with zero attached hydrogens (tertiary/aromatic N) is 2. The number of benzene rings is 2. The van der Waals surface area contributed by atoms with Crippen molar-refractivity contribution in [2.24, 2.45) is 0 Å². The Balaban J connectivity index is 1.76. The van der Waals surface area contributed by atoms with Crippen molar-refractivity contribution < 1.29 is 0 Å². The van der Waals surface area contributed by atoms with Crippen LogP contribution in [-0.2, 0) is 31.3 Å². The first-order chi connectivity index (χ1) is 12.0. The van der Waals surface area contributed by atoms with Crippen molar-refractivity contribution in [3.05, 3.63) is 70.4 Å². The molecule has 0 radical (unpaired) electrons. The first-order valence-corrected chi connectivity index (χ1v) is 9.43. The number of aromatic nitrogens is 1. The molecule has 0 fully saturated rings. The van der Waals surface area contributed by atoms with E-state index in [2.05, 4.69) is 72.8 Å². The van der Waals surface area contributed by atoms with E-state index in [9.17, 15) is 0 Å². The van der Waals surface area contributed by atoms with Gasteiger partial charge in [-0.15, -0.1) is 0 Å². The van der Waals surface area contributed by atoms with Gasteiger partial charge in [-0.2, -0.15) is 0 Å². The number of aryl methyl sites for hydroxylation is 1. The van der Waals surface area contributed by atoms with E-state index in [1.165, 1.54) is 40.6 Å². The summed E-state index contributed by atoms with van der Waals surface area (Å²) in [5.74, 6) is 0. The molecule has 0 spiro atoms. The maximum Gasteiger partial charge on any atom is 0.0519 e. The highest BCUT2D eigenvalue weighted by Crippen LogP contribution is 2.42. The van der Waals surface area contributed by atoms with Crippen LogP contribution in [0.4, 0.5) is 0 Å². The zero-order valence-electron chi connectivity index (χ0n) is 15.5. The van der Waals surface area contributed by atoms with Crippen molar-refractivity contribution in [1.82, 2.24) is 9.47 Å². The minimum absolute atomic E-state index is 0.172. The van der Waals surface area contributed by atoms with E-state index in [0.29, 0.717) is 0 Å². The molecule has 128 valence electrons. The van der Waals surface area contributed by atoms with Gasteiger partial charge >= 0.3 is 0 Å². The van der Waals surface area contributed by atoms with Gasteiger partial charge in [-0.25, -0.2) is 0 Å². The fourth-order valence-corrected chi connectivity index (χ4v) is 5.13. The zero-order valence-corrected chi connectivity index (χ0v) is 15.5.